The predicted molar refractivity (Wildman–Crippen MR) is 79.5 cm³/mol. The molecule has 0 fully saturated rings. The van der Waals surface area contributed by atoms with E-state index in [1.165, 1.54) is 0 Å². The fourth-order valence-corrected chi connectivity index (χ4v) is 2.51. The molecule has 0 bridgehead atoms. The molecule has 1 rings (SSSR count). The van der Waals surface area contributed by atoms with Crippen LogP contribution in [0.5, 0.6) is 0 Å². The third kappa shape index (κ3) is 3.80. The van der Waals surface area contributed by atoms with Crippen molar-refractivity contribution in [1.82, 2.24) is 4.98 Å². The number of nitrogen functional groups attached to an aromatic ring is 1. The van der Waals surface area contributed by atoms with Crippen LogP contribution in [-0.4, -0.2) is 34.2 Å². The van der Waals surface area contributed by atoms with Crippen LogP contribution in [-0.2, 0) is 0 Å². The van der Waals surface area contributed by atoms with Crippen molar-refractivity contribution >= 4 is 46.6 Å². The summed E-state index contributed by atoms with van der Waals surface area (Å²) in [6.07, 6.45) is 1.93. The number of aromatic nitrogens is 1. The molecule has 0 amide bonds. The summed E-state index contributed by atoms with van der Waals surface area (Å²) in [5.41, 5.74) is 2.40. The fourth-order valence-electron chi connectivity index (χ4n) is 1.41. The average molecular weight is 311 g/mol. The Morgan fingerprint density at radius 1 is 1.44 bits per heavy atom. The molecule has 0 radical (unpaired) electrons. The summed E-state index contributed by atoms with van der Waals surface area (Å²) in [5, 5.41) is 13.2. The van der Waals surface area contributed by atoms with Gasteiger partial charge in [0, 0.05) is 11.3 Å². The molecule has 0 aliphatic rings. The SMILES string of the molecule is CSC(CO)C(C)Nc1nc(NN)c(Cl)cc1Cl. The highest BCUT2D eigenvalue weighted by atomic mass is 35.5. The normalized spacial score (nSPS) is 14.1. The van der Waals surface area contributed by atoms with Gasteiger partial charge in [0.25, 0.3) is 0 Å². The second kappa shape index (κ2) is 7.25. The molecule has 0 saturated carbocycles. The van der Waals surface area contributed by atoms with E-state index in [9.17, 15) is 5.11 Å². The average Bonchev–Trinajstić information content (AvgIpc) is 2.34. The van der Waals surface area contributed by atoms with Crippen molar-refractivity contribution < 1.29 is 5.11 Å². The Morgan fingerprint density at radius 3 is 2.56 bits per heavy atom. The first kappa shape index (κ1) is 15.7. The highest BCUT2D eigenvalue weighted by Crippen LogP contribution is 2.29. The number of thioether (sulfide) groups is 1. The number of aliphatic hydroxyl groups is 1. The third-order valence-corrected chi connectivity index (χ3v) is 4.21. The van der Waals surface area contributed by atoms with Crippen molar-refractivity contribution in [3.8, 4) is 0 Å². The molecule has 8 heteroatoms. The Kier molecular flexibility index (Phi) is 6.31. The molecule has 0 aliphatic heterocycles. The number of anilines is 2. The topological polar surface area (TPSA) is 83.2 Å². The van der Waals surface area contributed by atoms with E-state index in [4.69, 9.17) is 29.0 Å². The third-order valence-electron chi connectivity index (χ3n) is 2.47. The summed E-state index contributed by atoms with van der Waals surface area (Å²) in [6.45, 7) is 2.02. The Balaban J connectivity index is 2.90. The maximum atomic E-state index is 9.22. The van der Waals surface area contributed by atoms with Gasteiger partial charge in [0.2, 0.25) is 0 Å². The van der Waals surface area contributed by atoms with Gasteiger partial charge >= 0.3 is 0 Å². The van der Waals surface area contributed by atoms with Gasteiger partial charge in [-0.05, 0) is 19.2 Å². The minimum absolute atomic E-state index is 0.00167. The Hall–Kier alpha value is -0.400. The van der Waals surface area contributed by atoms with Crippen LogP contribution >= 0.6 is 35.0 Å². The van der Waals surface area contributed by atoms with E-state index in [1.807, 2.05) is 13.2 Å². The van der Waals surface area contributed by atoms with E-state index < -0.39 is 0 Å². The molecule has 0 aromatic carbocycles. The monoisotopic (exact) mass is 310 g/mol. The van der Waals surface area contributed by atoms with E-state index in [1.54, 1.807) is 17.8 Å². The molecule has 0 spiro atoms. The van der Waals surface area contributed by atoms with Crippen molar-refractivity contribution in [2.75, 3.05) is 23.6 Å². The molecule has 1 aromatic rings. The van der Waals surface area contributed by atoms with Gasteiger partial charge in [-0.25, -0.2) is 10.8 Å². The van der Waals surface area contributed by atoms with Crippen LogP contribution in [0.25, 0.3) is 0 Å². The fraction of sp³-hybridized carbons (Fsp3) is 0.500. The lowest BCUT2D eigenvalue weighted by molar-refractivity contribution is 0.288. The zero-order valence-corrected chi connectivity index (χ0v) is 12.4. The van der Waals surface area contributed by atoms with Crippen LogP contribution in [0.15, 0.2) is 6.07 Å². The van der Waals surface area contributed by atoms with Crippen molar-refractivity contribution in [2.45, 2.75) is 18.2 Å². The summed E-state index contributed by atoms with van der Waals surface area (Å²) >= 11 is 13.5. The summed E-state index contributed by atoms with van der Waals surface area (Å²) in [4.78, 5) is 4.18. The second-order valence-corrected chi connectivity index (χ2v) is 5.57. The molecule has 0 saturated heterocycles. The number of hydrogen-bond donors (Lipinski definition) is 4. The molecule has 18 heavy (non-hydrogen) atoms. The van der Waals surface area contributed by atoms with E-state index in [2.05, 4.69) is 15.7 Å². The molecular weight excluding hydrogens is 295 g/mol. The number of rotatable bonds is 6. The second-order valence-electron chi connectivity index (χ2n) is 3.68. The van der Waals surface area contributed by atoms with Crippen molar-refractivity contribution in [3.05, 3.63) is 16.1 Å². The quantitative estimate of drug-likeness (QED) is 0.476. The maximum absolute atomic E-state index is 9.22. The number of hydrogen-bond acceptors (Lipinski definition) is 6. The van der Waals surface area contributed by atoms with Crippen LogP contribution < -0.4 is 16.6 Å². The van der Waals surface area contributed by atoms with E-state index in [0.717, 1.165) is 0 Å². The number of nitrogens with zero attached hydrogens (tertiary/aromatic N) is 1. The van der Waals surface area contributed by atoms with Crippen molar-refractivity contribution in [1.29, 1.82) is 0 Å². The minimum atomic E-state index is 0.00167. The first-order valence-corrected chi connectivity index (χ1v) is 7.30. The number of pyridine rings is 1. The summed E-state index contributed by atoms with van der Waals surface area (Å²) in [7, 11) is 0. The number of halogens is 2. The molecule has 102 valence electrons. The maximum Gasteiger partial charge on any atom is 0.161 e. The highest BCUT2D eigenvalue weighted by Gasteiger charge is 2.17. The predicted octanol–water partition coefficient (Wildman–Crippen LogP) is 2.20. The molecule has 2 atom stereocenters. The van der Waals surface area contributed by atoms with Crippen LogP contribution in [0.2, 0.25) is 10.0 Å². The Labute approximate surface area is 120 Å². The first-order valence-electron chi connectivity index (χ1n) is 5.26. The molecule has 2 unspecified atom stereocenters. The van der Waals surface area contributed by atoms with Gasteiger partial charge in [0.15, 0.2) is 5.82 Å². The van der Waals surface area contributed by atoms with Crippen molar-refractivity contribution in [3.63, 3.8) is 0 Å². The van der Waals surface area contributed by atoms with Crippen molar-refractivity contribution in [2.24, 2.45) is 5.84 Å². The first-order chi connectivity index (χ1) is 8.53. The van der Waals surface area contributed by atoms with Gasteiger partial charge in [0.1, 0.15) is 5.82 Å². The molecule has 1 heterocycles. The molecule has 1 aromatic heterocycles. The molecule has 0 aliphatic carbocycles. The van der Waals surface area contributed by atoms with Gasteiger partial charge in [-0.3, -0.25) is 0 Å². The van der Waals surface area contributed by atoms with E-state index in [-0.39, 0.29) is 17.9 Å². The van der Waals surface area contributed by atoms with Crippen LogP contribution in [0, 0.1) is 0 Å². The lowest BCUT2D eigenvalue weighted by Gasteiger charge is -2.22. The lowest BCUT2D eigenvalue weighted by Crippen LogP contribution is -2.31. The smallest absolute Gasteiger partial charge is 0.161 e. The Morgan fingerprint density at radius 2 is 2.06 bits per heavy atom. The number of nitrogens with one attached hydrogen (secondary N) is 2. The van der Waals surface area contributed by atoms with Crippen LogP contribution in [0.4, 0.5) is 11.6 Å². The van der Waals surface area contributed by atoms with Gasteiger partial charge < -0.3 is 15.8 Å². The zero-order valence-electron chi connectivity index (χ0n) is 10.1. The Bertz CT molecular complexity index is 404. The highest BCUT2D eigenvalue weighted by molar-refractivity contribution is 7.99. The van der Waals surface area contributed by atoms with Gasteiger partial charge in [-0.2, -0.15) is 11.8 Å². The lowest BCUT2D eigenvalue weighted by atomic mass is 10.2. The summed E-state index contributed by atoms with van der Waals surface area (Å²) < 4.78 is 0. The van der Waals surface area contributed by atoms with Crippen LogP contribution in [0.1, 0.15) is 6.92 Å². The van der Waals surface area contributed by atoms with E-state index in [0.29, 0.717) is 21.7 Å². The van der Waals surface area contributed by atoms with Gasteiger partial charge in [0.05, 0.1) is 16.7 Å². The van der Waals surface area contributed by atoms with Crippen LogP contribution in [0.3, 0.4) is 0 Å². The molecular formula is C10H16Cl2N4OS. The van der Waals surface area contributed by atoms with Gasteiger partial charge in [-0.15, -0.1) is 0 Å². The summed E-state index contributed by atoms with van der Waals surface area (Å²) in [6, 6.07) is 1.56. The molecule has 5 nitrogen and oxygen atoms in total. The zero-order chi connectivity index (χ0) is 13.7. The van der Waals surface area contributed by atoms with Gasteiger partial charge in [-0.1, -0.05) is 23.2 Å². The standard InChI is InChI=1S/C10H16Cl2N4OS/c1-5(8(4-17)18-2)14-9-6(11)3-7(12)10(15-9)16-13/h3,5,8,17H,4,13H2,1-2H3,(H2,14,15,16). The summed E-state index contributed by atoms with van der Waals surface area (Å²) in [5.74, 6) is 6.13. The number of hydrazine groups is 1. The number of nitrogens with two attached hydrogens (primary N) is 1. The van der Waals surface area contributed by atoms with E-state index >= 15 is 0 Å². The largest absolute Gasteiger partial charge is 0.395 e. The minimum Gasteiger partial charge on any atom is -0.395 e. The number of aliphatic hydroxyl groups excluding tert-OH is 1. The molecule has 5 N–H and O–H groups in total.